The van der Waals surface area contributed by atoms with Crippen molar-refractivity contribution in [3.63, 3.8) is 0 Å². The second-order valence-corrected chi connectivity index (χ2v) is 7.79. The minimum Gasteiger partial charge on any atom is -0.478 e. The Kier molecular flexibility index (Phi) is 5.46. The molecule has 2 heterocycles. The summed E-state index contributed by atoms with van der Waals surface area (Å²) in [5.41, 5.74) is 3.68. The molecule has 3 aromatic rings. The summed E-state index contributed by atoms with van der Waals surface area (Å²) < 4.78 is 1.70. The van der Waals surface area contributed by atoms with Crippen molar-refractivity contribution in [1.82, 2.24) is 9.88 Å². The average molecular weight is 446 g/mol. The van der Waals surface area contributed by atoms with E-state index in [9.17, 15) is 19.5 Å². The number of anilines is 1. The van der Waals surface area contributed by atoms with Crippen LogP contribution in [-0.2, 0) is 9.59 Å². The molecule has 1 fully saturated rings. The van der Waals surface area contributed by atoms with Gasteiger partial charge in [0, 0.05) is 17.6 Å². The highest BCUT2D eigenvalue weighted by atomic mass is 32.1. The SMILES string of the molecule is Cc1ccc(N2C(=O)/C(=C\c3cccn3-c3cccc(C(=O)O)c3)C(=O)NC2=S)c(C)c1. The van der Waals surface area contributed by atoms with Crippen molar-refractivity contribution >= 4 is 46.9 Å². The monoisotopic (exact) mass is 445 g/mol. The van der Waals surface area contributed by atoms with E-state index in [2.05, 4.69) is 5.32 Å². The standard InChI is InChI=1S/C24H19N3O4S/c1-14-8-9-20(15(2)11-14)27-22(29)19(21(28)25-24(27)32)13-18-7-4-10-26(18)17-6-3-5-16(12-17)23(30)31/h3-13H,1-2H3,(H,30,31)(H,25,28,32)/b19-13-. The minimum absolute atomic E-state index is 0.0219. The number of aryl methyl sites for hydroxylation is 2. The highest BCUT2D eigenvalue weighted by Crippen LogP contribution is 2.26. The van der Waals surface area contributed by atoms with E-state index in [0.717, 1.165) is 11.1 Å². The predicted octanol–water partition coefficient (Wildman–Crippen LogP) is 3.62. The van der Waals surface area contributed by atoms with E-state index >= 15 is 0 Å². The fourth-order valence-electron chi connectivity index (χ4n) is 3.62. The lowest BCUT2D eigenvalue weighted by atomic mass is 10.1. The molecule has 2 N–H and O–H groups in total. The summed E-state index contributed by atoms with van der Waals surface area (Å²) in [6.45, 7) is 3.83. The molecule has 2 amide bonds. The van der Waals surface area contributed by atoms with E-state index in [1.165, 1.54) is 23.1 Å². The third kappa shape index (κ3) is 3.83. The number of carboxylic acid groups (broad SMARTS) is 1. The summed E-state index contributed by atoms with van der Waals surface area (Å²) >= 11 is 5.28. The molecule has 8 heteroatoms. The van der Waals surface area contributed by atoms with Crippen molar-refractivity contribution in [1.29, 1.82) is 0 Å². The fraction of sp³-hybridized carbons (Fsp3) is 0.0833. The van der Waals surface area contributed by atoms with Gasteiger partial charge in [0.1, 0.15) is 5.57 Å². The van der Waals surface area contributed by atoms with Crippen LogP contribution in [-0.4, -0.2) is 32.6 Å². The van der Waals surface area contributed by atoms with E-state index in [0.29, 0.717) is 17.1 Å². The molecule has 32 heavy (non-hydrogen) atoms. The Morgan fingerprint density at radius 2 is 1.84 bits per heavy atom. The van der Waals surface area contributed by atoms with Crippen LogP contribution in [0.4, 0.5) is 5.69 Å². The topological polar surface area (TPSA) is 91.6 Å². The molecule has 7 nitrogen and oxygen atoms in total. The molecule has 2 aromatic carbocycles. The fourth-order valence-corrected chi connectivity index (χ4v) is 3.89. The number of nitrogens with one attached hydrogen (secondary N) is 1. The second-order valence-electron chi connectivity index (χ2n) is 7.41. The smallest absolute Gasteiger partial charge is 0.335 e. The first-order valence-corrected chi connectivity index (χ1v) is 10.2. The van der Waals surface area contributed by atoms with Crippen LogP contribution in [0.25, 0.3) is 11.8 Å². The number of carbonyl (C=O) groups is 3. The van der Waals surface area contributed by atoms with Crippen molar-refractivity contribution in [2.24, 2.45) is 0 Å². The van der Waals surface area contributed by atoms with Crippen molar-refractivity contribution in [3.05, 3.63) is 88.8 Å². The van der Waals surface area contributed by atoms with Gasteiger partial charge < -0.3 is 9.67 Å². The Balaban J connectivity index is 1.76. The summed E-state index contributed by atoms with van der Waals surface area (Å²) in [6.07, 6.45) is 3.20. The quantitative estimate of drug-likeness (QED) is 0.364. The minimum atomic E-state index is -1.04. The van der Waals surface area contributed by atoms with Gasteiger partial charge in [0.25, 0.3) is 11.8 Å². The number of aromatic nitrogens is 1. The zero-order chi connectivity index (χ0) is 23.0. The number of hydrogen-bond donors (Lipinski definition) is 2. The molecular formula is C24H19N3O4S. The Bertz CT molecular complexity index is 1320. The highest BCUT2D eigenvalue weighted by molar-refractivity contribution is 7.80. The maximum atomic E-state index is 13.3. The molecule has 0 saturated carbocycles. The van der Waals surface area contributed by atoms with E-state index in [1.54, 1.807) is 41.1 Å². The van der Waals surface area contributed by atoms with Crippen LogP contribution in [0.1, 0.15) is 27.2 Å². The number of hydrogen-bond acceptors (Lipinski definition) is 4. The molecular weight excluding hydrogens is 426 g/mol. The lowest BCUT2D eigenvalue weighted by Crippen LogP contribution is -2.54. The van der Waals surface area contributed by atoms with Crippen LogP contribution >= 0.6 is 12.2 Å². The number of amides is 2. The number of thiocarbonyl (C=S) groups is 1. The normalized spacial score (nSPS) is 15.2. The van der Waals surface area contributed by atoms with Gasteiger partial charge >= 0.3 is 5.97 Å². The maximum absolute atomic E-state index is 13.3. The molecule has 0 bridgehead atoms. The van der Waals surface area contributed by atoms with Crippen LogP contribution in [0, 0.1) is 13.8 Å². The Labute approximate surface area is 189 Å². The van der Waals surface area contributed by atoms with Crippen LogP contribution in [0.5, 0.6) is 0 Å². The number of rotatable bonds is 4. The summed E-state index contributed by atoms with van der Waals surface area (Å²) in [6, 6.07) is 15.5. The summed E-state index contributed by atoms with van der Waals surface area (Å²) in [7, 11) is 0. The summed E-state index contributed by atoms with van der Waals surface area (Å²) in [5.74, 6) is -2.16. The molecule has 0 unspecified atom stereocenters. The molecule has 0 spiro atoms. The number of nitrogens with zero attached hydrogens (tertiary/aromatic N) is 2. The third-order valence-electron chi connectivity index (χ3n) is 5.14. The molecule has 0 aliphatic carbocycles. The van der Waals surface area contributed by atoms with Gasteiger partial charge in [0.2, 0.25) is 0 Å². The number of carboxylic acids is 1. The van der Waals surface area contributed by atoms with E-state index < -0.39 is 17.8 Å². The van der Waals surface area contributed by atoms with E-state index in [4.69, 9.17) is 12.2 Å². The van der Waals surface area contributed by atoms with Crippen LogP contribution < -0.4 is 10.2 Å². The first kappa shape index (κ1) is 21.2. The molecule has 1 saturated heterocycles. The van der Waals surface area contributed by atoms with Gasteiger partial charge in [-0.05, 0) is 74.1 Å². The third-order valence-corrected chi connectivity index (χ3v) is 5.42. The Morgan fingerprint density at radius 3 is 2.56 bits per heavy atom. The Morgan fingerprint density at radius 1 is 1.06 bits per heavy atom. The van der Waals surface area contributed by atoms with Crippen molar-refractivity contribution in [3.8, 4) is 5.69 Å². The predicted molar refractivity (Wildman–Crippen MR) is 125 cm³/mol. The zero-order valence-electron chi connectivity index (χ0n) is 17.3. The van der Waals surface area contributed by atoms with Crippen LogP contribution in [0.15, 0.2) is 66.4 Å². The molecule has 1 aliphatic heterocycles. The summed E-state index contributed by atoms with van der Waals surface area (Å²) in [5, 5.41) is 11.9. The maximum Gasteiger partial charge on any atom is 0.335 e. The number of aromatic carboxylic acids is 1. The largest absolute Gasteiger partial charge is 0.478 e. The van der Waals surface area contributed by atoms with Gasteiger partial charge in [0.15, 0.2) is 5.11 Å². The van der Waals surface area contributed by atoms with Gasteiger partial charge in [-0.15, -0.1) is 0 Å². The van der Waals surface area contributed by atoms with Crippen LogP contribution in [0.2, 0.25) is 0 Å². The Hall–Kier alpha value is -4.04. The highest BCUT2D eigenvalue weighted by Gasteiger charge is 2.35. The molecule has 1 aromatic heterocycles. The van der Waals surface area contributed by atoms with Crippen molar-refractivity contribution < 1.29 is 19.5 Å². The molecule has 0 atom stereocenters. The number of benzene rings is 2. The molecule has 0 radical (unpaired) electrons. The van der Waals surface area contributed by atoms with E-state index in [-0.39, 0.29) is 16.2 Å². The number of carbonyl (C=O) groups excluding carboxylic acids is 2. The molecule has 4 rings (SSSR count). The van der Waals surface area contributed by atoms with Crippen LogP contribution in [0.3, 0.4) is 0 Å². The summed E-state index contributed by atoms with van der Waals surface area (Å²) in [4.78, 5) is 38.6. The van der Waals surface area contributed by atoms with Gasteiger partial charge in [-0.1, -0.05) is 23.8 Å². The van der Waals surface area contributed by atoms with Gasteiger partial charge in [-0.25, -0.2) is 4.79 Å². The van der Waals surface area contributed by atoms with Gasteiger partial charge in [-0.3, -0.25) is 19.8 Å². The first-order valence-electron chi connectivity index (χ1n) is 9.76. The lowest BCUT2D eigenvalue weighted by Gasteiger charge is -2.30. The molecule has 160 valence electrons. The first-order chi connectivity index (χ1) is 15.3. The van der Waals surface area contributed by atoms with Crippen molar-refractivity contribution in [2.45, 2.75) is 13.8 Å². The zero-order valence-corrected chi connectivity index (χ0v) is 18.1. The van der Waals surface area contributed by atoms with Crippen molar-refractivity contribution in [2.75, 3.05) is 4.90 Å². The molecule has 1 aliphatic rings. The lowest BCUT2D eigenvalue weighted by molar-refractivity contribution is -0.122. The van der Waals surface area contributed by atoms with E-state index in [1.807, 2.05) is 26.0 Å². The average Bonchev–Trinajstić information content (AvgIpc) is 3.21. The van der Waals surface area contributed by atoms with Gasteiger partial charge in [0.05, 0.1) is 11.3 Å². The van der Waals surface area contributed by atoms with Gasteiger partial charge in [-0.2, -0.15) is 0 Å². The second kappa shape index (κ2) is 8.24.